The fourth-order valence-corrected chi connectivity index (χ4v) is 1.53. The van der Waals surface area contributed by atoms with Crippen LogP contribution in [0.15, 0.2) is 42.5 Å². The molecule has 0 aliphatic rings. The molecule has 2 aromatic rings. The predicted molar refractivity (Wildman–Crippen MR) is 68.7 cm³/mol. The second-order valence-electron chi connectivity index (χ2n) is 3.83. The molecule has 0 fully saturated rings. The number of ether oxygens (including phenoxy) is 2. The molecule has 0 spiro atoms. The van der Waals surface area contributed by atoms with Gasteiger partial charge in [-0.05, 0) is 48.9 Å². The van der Waals surface area contributed by atoms with Crippen LogP contribution in [0.4, 0.5) is 5.69 Å². The number of methoxy groups -OCH3 is 1. The summed E-state index contributed by atoms with van der Waals surface area (Å²) in [6, 6.07) is 13.1. The number of rotatable bonds is 3. The first-order valence-electron chi connectivity index (χ1n) is 5.37. The number of hydrogen-bond donors (Lipinski definition) is 1. The molecule has 0 aliphatic carbocycles. The molecule has 0 amide bonds. The molecule has 0 aromatic heterocycles. The standard InChI is InChI=1S/C14H15NO2/c1-10-3-8-13(16-2)14(9-10)17-12-6-4-11(15)5-7-12/h3-9H,15H2,1-2H3. The highest BCUT2D eigenvalue weighted by atomic mass is 16.5. The van der Waals surface area contributed by atoms with Gasteiger partial charge in [-0.15, -0.1) is 0 Å². The smallest absolute Gasteiger partial charge is 0.169 e. The summed E-state index contributed by atoms with van der Waals surface area (Å²) < 4.78 is 11.0. The van der Waals surface area contributed by atoms with Crippen LogP contribution in [0, 0.1) is 6.92 Å². The van der Waals surface area contributed by atoms with Crippen molar-refractivity contribution < 1.29 is 9.47 Å². The molecule has 0 aliphatic heterocycles. The van der Waals surface area contributed by atoms with Crippen LogP contribution in [0.25, 0.3) is 0 Å². The van der Waals surface area contributed by atoms with Gasteiger partial charge in [0, 0.05) is 5.69 Å². The average molecular weight is 229 g/mol. The van der Waals surface area contributed by atoms with E-state index in [1.807, 2.05) is 37.3 Å². The van der Waals surface area contributed by atoms with Crippen molar-refractivity contribution in [2.75, 3.05) is 12.8 Å². The maximum atomic E-state index is 5.76. The Morgan fingerprint density at radius 2 is 1.65 bits per heavy atom. The highest BCUT2D eigenvalue weighted by molar-refractivity contribution is 5.47. The summed E-state index contributed by atoms with van der Waals surface area (Å²) in [6.07, 6.45) is 0. The molecule has 17 heavy (non-hydrogen) atoms. The zero-order valence-electron chi connectivity index (χ0n) is 9.94. The van der Waals surface area contributed by atoms with Gasteiger partial charge in [0.1, 0.15) is 5.75 Å². The van der Waals surface area contributed by atoms with Crippen LogP contribution >= 0.6 is 0 Å². The van der Waals surface area contributed by atoms with Crippen molar-refractivity contribution in [3.63, 3.8) is 0 Å². The Bertz CT molecular complexity index is 506. The van der Waals surface area contributed by atoms with Gasteiger partial charge in [-0.1, -0.05) is 6.07 Å². The van der Waals surface area contributed by atoms with Crippen LogP contribution in [0.5, 0.6) is 17.2 Å². The Morgan fingerprint density at radius 3 is 2.29 bits per heavy atom. The van der Waals surface area contributed by atoms with E-state index in [4.69, 9.17) is 15.2 Å². The van der Waals surface area contributed by atoms with Gasteiger partial charge < -0.3 is 15.2 Å². The second kappa shape index (κ2) is 4.78. The van der Waals surface area contributed by atoms with Crippen LogP contribution in [-0.2, 0) is 0 Å². The van der Waals surface area contributed by atoms with Gasteiger partial charge in [-0.3, -0.25) is 0 Å². The molecule has 0 saturated carbocycles. The highest BCUT2D eigenvalue weighted by Gasteiger charge is 2.05. The monoisotopic (exact) mass is 229 g/mol. The van der Waals surface area contributed by atoms with E-state index < -0.39 is 0 Å². The number of anilines is 1. The van der Waals surface area contributed by atoms with E-state index in [1.165, 1.54) is 0 Å². The summed E-state index contributed by atoms with van der Waals surface area (Å²) in [5, 5.41) is 0. The number of aryl methyl sites for hydroxylation is 1. The lowest BCUT2D eigenvalue weighted by Gasteiger charge is -2.11. The maximum absolute atomic E-state index is 5.76. The average Bonchev–Trinajstić information content (AvgIpc) is 2.32. The fourth-order valence-electron chi connectivity index (χ4n) is 1.53. The Hall–Kier alpha value is -2.16. The van der Waals surface area contributed by atoms with Crippen LogP contribution in [0.2, 0.25) is 0 Å². The van der Waals surface area contributed by atoms with Crippen LogP contribution < -0.4 is 15.2 Å². The number of hydrogen-bond acceptors (Lipinski definition) is 3. The maximum Gasteiger partial charge on any atom is 0.169 e. The largest absolute Gasteiger partial charge is 0.493 e. The predicted octanol–water partition coefficient (Wildman–Crippen LogP) is 3.38. The van der Waals surface area contributed by atoms with Gasteiger partial charge in [0.15, 0.2) is 11.5 Å². The molecule has 88 valence electrons. The van der Waals surface area contributed by atoms with Crippen LogP contribution in [0.1, 0.15) is 5.56 Å². The van der Waals surface area contributed by atoms with Crippen molar-refractivity contribution in [2.45, 2.75) is 6.92 Å². The first-order valence-corrected chi connectivity index (χ1v) is 5.37. The molecular weight excluding hydrogens is 214 g/mol. The third-order valence-corrected chi connectivity index (χ3v) is 2.43. The summed E-state index contributed by atoms with van der Waals surface area (Å²) in [7, 11) is 1.63. The topological polar surface area (TPSA) is 44.5 Å². The molecule has 0 radical (unpaired) electrons. The number of nitrogens with two attached hydrogens (primary N) is 1. The van der Waals surface area contributed by atoms with Crippen molar-refractivity contribution in [1.82, 2.24) is 0 Å². The van der Waals surface area contributed by atoms with Crippen LogP contribution in [-0.4, -0.2) is 7.11 Å². The molecule has 2 aromatic carbocycles. The summed E-state index contributed by atoms with van der Waals surface area (Å²) >= 11 is 0. The molecule has 0 saturated heterocycles. The summed E-state index contributed by atoms with van der Waals surface area (Å²) in [5.74, 6) is 2.16. The molecule has 3 nitrogen and oxygen atoms in total. The summed E-state index contributed by atoms with van der Waals surface area (Å²) in [6.45, 7) is 2.01. The van der Waals surface area contributed by atoms with E-state index in [0.717, 1.165) is 11.3 Å². The van der Waals surface area contributed by atoms with Gasteiger partial charge >= 0.3 is 0 Å². The summed E-state index contributed by atoms with van der Waals surface area (Å²) in [5.41, 5.74) is 7.46. The minimum absolute atomic E-state index is 0.706. The first-order chi connectivity index (χ1) is 8.19. The third kappa shape index (κ3) is 2.69. The van der Waals surface area contributed by atoms with E-state index in [-0.39, 0.29) is 0 Å². The second-order valence-corrected chi connectivity index (χ2v) is 3.83. The van der Waals surface area contributed by atoms with E-state index >= 15 is 0 Å². The minimum Gasteiger partial charge on any atom is -0.493 e. The normalized spacial score (nSPS) is 10.0. The van der Waals surface area contributed by atoms with E-state index in [0.29, 0.717) is 17.2 Å². The van der Waals surface area contributed by atoms with Gasteiger partial charge in [0.2, 0.25) is 0 Å². The van der Waals surface area contributed by atoms with Crippen molar-refractivity contribution >= 4 is 5.69 Å². The molecule has 0 bridgehead atoms. The van der Waals surface area contributed by atoms with Crippen LogP contribution in [0.3, 0.4) is 0 Å². The summed E-state index contributed by atoms with van der Waals surface area (Å²) in [4.78, 5) is 0. The first kappa shape index (κ1) is 11.3. The highest BCUT2D eigenvalue weighted by Crippen LogP contribution is 2.32. The quantitative estimate of drug-likeness (QED) is 0.820. The Kier molecular flexibility index (Phi) is 3.19. The zero-order valence-corrected chi connectivity index (χ0v) is 9.94. The van der Waals surface area contributed by atoms with Gasteiger partial charge in [-0.25, -0.2) is 0 Å². The Balaban J connectivity index is 2.28. The number of nitrogen functional groups attached to an aromatic ring is 1. The molecule has 2 rings (SSSR count). The molecule has 0 atom stereocenters. The molecule has 3 heteroatoms. The van der Waals surface area contributed by atoms with Gasteiger partial charge in [0.05, 0.1) is 7.11 Å². The van der Waals surface area contributed by atoms with Crippen molar-refractivity contribution in [3.8, 4) is 17.2 Å². The third-order valence-electron chi connectivity index (χ3n) is 2.43. The van der Waals surface area contributed by atoms with E-state index in [9.17, 15) is 0 Å². The fraction of sp³-hybridized carbons (Fsp3) is 0.143. The molecule has 0 heterocycles. The van der Waals surface area contributed by atoms with Gasteiger partial charge in [0.25, 0.3) is 0 Å². The Morgan fingerprint density at radius 1 is 0.941 bits per heavy atom. The lowest BCUT2D eigenvalue weighted by atomic mass is 10.2. The Labute approximate surface area is 101 Å². The minimum atomic E-state index is 0.706. The van der Waals surface area contributed by atoms with Crippen molar-refractivity contribution in [1.29, 1.82) is 0 Å². The lowest BCUT2D eigenvalue weighted by molar-refractivity contribution is 0.378. The van der Waals surface area contributed by atoms with Crippen molar-refractivity contribution in [2.24, 2.45) is 0 Å². The van der Waals surface area contributed by atoms with Crippen molar-refractivity contribution in [3.05, 3.63) is 48.0 Å². The van der Waals surface area contributed by atoms with E-state index in [2.05, 4.69) is 0 Å². The molecular formula is C14H15NO2. The SMILES string of the molecule is COc1ccc(C)cc1Oc1ccc(N)cc1. The van der Waals surface area contributed by atoms with E-state index in [1.54, 1.807) is 19.2 Å². The molecule has 0 unspecified atom stereocenters. The zero-order chi connectivity index (χ0) is 12.3. The number of benzene rings is 2. The lowest BCUT2D eigenvalue weighted by Crippen LogP contribution is -1.91. The van der Waals surface area contributed by atoms with Gasteiger partial charge in [-0.2, -0.15) is 0 Å². The molecule has 2 N–H and O–H groups in total.